The topological polar surface area (TPSA) is 67.2 Å². The molecular weight excluding hydrogens is 204 g/mol. The van der Waals surface area contributed by atoms with Crippen molar-refractivity contribution >= 4 is 0 Å². The summed E-state index contributed by atoms with van der Waals surface area (Å²) in [4.78, 5) is 10.1. The Bertz CT molecular complexity index is 365. The normalized spacial score (nSPS) is 30.6. The Morgan fingerprint density at radius 3 is 3.38 bits per heavy atom. The average molecular weight is 222 g/mol. The summed E-state index contributed by atoms with van der Waals surface area (Å²) in [5, 5.41) is 0. The Labute approximate surface area is 95.0 Å². The van der Waals surface area contributed by atoms with Crippen LogP contribution in [-0.2, 0) is 11.3 Å². The molecule has 2 aliphatic heterocycles. The molecule has 0 aliphatic carbocycles. The maximum Gasteiger partial charge on any atom is 0.136 e. The van der Waals surface area contributed by atoms with E-state index in [1.165, 1.54) is 19.4 Å². The summed E-state index contributed by atoms with van der Waals surface area (Å²) < 4.78 is 5.86. The maximum atomic E-state index is 5.86. The Morgan fingerprint density at radius 1 is 1.62 bits per heavy atom. The van der Waals surface area contributed by atoms with E-state index in [2.05, 4.69) is 14.9 Å². The van der Waals surface area contributed by atoms with Gasteiger partial charge in [-0.1, -0.05) is 0 Å². The van der Waals surface area contributed by atoms with Gasteiger partial charge in [0.2, 0.25) is 0 Å². The molecule has 1 aromatic heterocycles. The number of aromatic amines is 1. The van der Waals surface area contributed by atoms with Crippen molar-refractivity contribution in [3.8, 4) is 0 Å². The number of ether oxygens (including phenoxy) is 1. The first-order chi connectivity index (χ1) is 7.86. The quantitative estimate of drug-likeness (QED) is 0.760. The third kappa shape index (κ3) is 1.75. The summed E-state index contributed by atoms with van der Waals surface area (Å²) in [6, 6.07) is 0.639. The van der Waals surface area contributed by atoms with Crippen LogP contribution in [0.4, 0.5) is 0 Å². The van der Waals surface area contributed by atoms with E-state index in [1.54, 1.807) is 6.20 Å². The molecule has 2 unspecified atom stereocenters. The minimum atomic E-state index is 0.0923. The molecule has 2 fully saturated rings. The fourth-order valence-electron chi connectivity index (χ4n) is 2.63. The SMILES string of the molecule is NCc1cnc(C2CN3CCCC3CO2)[nH]1. The molecular formula is C11H18N4O. The second-order valence-electron chi connectivity index (χ2n) is 4.61. The van der Waals surface area contributed by atoms with Crippen molar-refractivity contribution in [3.63, 3.8) is 0 Å². The number of nitrogens with zero attached hydrogens (tertiary/aromatic N) is 2. The summed E-state index contributed by atoms with van der Waals surface area (Å²) in [6.45, 7) is 3.51. The molecule has 2 saturated heterocycles. The lowest BCUT2D eigenvalue weighted by Crippen LogP contribution is -2.42. The van der Waals surface area contributed by atoms with Crippen LogP contribution in [-0.4, -0.2) is 40.6 Å². The number of aromatic nitrogens is 2. The molecule has 2 aliphatic rings. The highest BCUT2D eigenvalue weighted by molar-refractivity contribution is 5.05. The van der Waals surface area contributed by atoms with Crippen LogP contribution >= 0.6 is 0 Å². The molecule has 3 heterocycles. The molecule has 0 bridgehead atoms. The summed E-state index contributed by atoms with van der Waals surface area (Å²) in [5.74, 6) is 0.922. The van der Waals surface area contributed by atoms with Gasteiger partial charge in [0.25, 0.3) is 0 Å². The molecule has 1 aromatic rings. The first-order valence-corrected chi connectivity index (χ1v) is 5.96. The molecule has 16 heavy (non-hydrogen) atoms. The van der Waals surface area contributed by atoms with Crippen LogP contribution in [0.25, 0.3) is 0 Å². The van der Waals surface area contributed by atoms with E-state index in [1.807, 2.05) is 0 Å². The van der Waals surface area contributed by atoms with Crippen molar-refractivity contribution in [2.24, 2.45) is 5.73 Å². The summed E-state index contributed by atoms with van der Waals surface area (Å²) in [5.41, 5.74) is 6.53. The molecule has 0 saturated carbocycles. The van der Waals surface area contributed by atoms with Crippen LogP contribution < -0.4 is 5.73 Å². The Balaban J connectivity index is 1.71. The fourth-order valence-corrected chi connectivity index (χ4v) is 2.63. The molecule has 3 N–H and O–H groups in total. The lowest BCUT2D eigenvalue weighted by molar-refractivity contribution is -0.0538. The van der Waals surface area contributed by atoms with Crippen LogP contribution in [0.2, 0.25) is 0 Å². The van der Waals surface area contributed by atoms with E-state index in [-0.39, 0.29) is 6.10 Å². The highest BCUT2D eigenvalue weighted by atomic mass is 16.5. The minimum Gasteiger partial charge on any atom is -0.367 e. The molecule has 0 radical (unpaired) electrons. The van der Waals surface area contributed by atoms with Gasteiger partial charge in [0.1, 0.15) is 11.9 Å². The monoisotopic (exact) mass is 222 g/mol. The second-order valence-corrected chi connectivity index (χ2v) is 4.61. The molecule has 5 nitrogen and oxygen atoms in total. The zero-order chi connectivity index (χ0) is 11.0. The summed E-state index contributed by atoms with van der Waals surface area (Å²) >= 11 is 0. The number of nitrogens with two attached hydrogens (primary N) is 1. The highest BCUT2D eigenvalue weighted by Gasteiger charge is 2.33. The molecule has 0 aromatic carbocycles. The smallest absolute Gasteiger partial charge is 0.136 e. The van der Waals surface area contributed by atoms with Gasteiger partial charge in [0, 0.05) is 31.0 Å². The number of imidazole rings is 1. The van der Waals surface area contributed by atoms with Crippen LogP contribution in [0.1, 0.15) is 30.5 Å². The van der Waals surface area contributed by atoms with Gasteiger partial charge in [-0.2, -0.15) is 0 Å². The molecule has 3 rings (SSSR count). The van der Waals surface area contributed by atoms with Gasteiger partial charge in [-0.15, -0.1) is 0 Å². The van der Waals surface area contributed by atoms with Crippen molar-refractivity contribution in [3.05, 3.63) is 17.7 Å². The maximum absolute atomic E-state index is 5.86. The largest absolute Gasteiger partial charge is 0.367 e. The van der Waals surface area contributed by atoms with Gasteiger partial charge < -0.3 is 15.5 Å². The van der Waals surface area contributed by atoms with E-state index in [9.17, 15) is 0 Å². The molecule has 0 amide bonds. The zero-order valence-corrected chi connectivity index (χ0v) is 9.35. The van der Waals surface area contributed by atoms with E-state index in [0.717, 1.165) is 24.7 Å². The fraction of sp³-hybridized carbons (Fsp3) is 0.727. The Kier molecular flexibility index (Phi) is 2.67. The lowest BCUT2D eigenvalue weighted by atomic mass is 10.2. The summed E-state index contributed by atoms with van der Waals surface area (Å²) in [6.07, 6.45) is 4.47. The predicted molar refractivity (Wildman–Crippen MR) is 59.8 cm³/mol. The van der Waals surface area contributed by atoms with Gasteiger partial charge in [0.15, 0.2) is 0 Å². The van der Waals surface area contributed by atoms with Gasteiger partial charge in [0.05, 0.1) is 6.61 Å². The highest BCUT2D eigenvalue weighted by Crippen LogP contribution is 2.28. The van der Waals surface area contributed by atoms with Crippen LogP contribution in [0, 0.1) is 0 Å². The van der Waals surface area contributed by atoms with E-state index in [4.69, 9.17) is 10.5 Å². The van der Waals surface area contributed by atoms with E-state index >= 15 is 0 Å². The number of hydrogen-bond acceptors (Lipinski definition) is 4. The minimum absolute atomic E-state index is 0.0923. The van der Waals surface area contributed by atoms with Gasteiger partial charge >= 0.3 is 0 Å². The van der Waals surface area contributed by atoms with Crippen LogP contribution in [0.3, 0.4) is 0 Å². The first kappa shape index (κ1) is 10.3. The molecule has 5 heteroatoms. The third-order valence-corrected chi connectivity index (χ3v) is 3.56. The van der Waals surface area contributed by atoms with Gasteiger partial charge in [-0.3, -0.25) is 4.90 Å². The number of morpholine rings is 1. The van der Waals surface area contributed by atoms with E-state index < -0.39 is 0 Å². The lowest BCUT2D eigenvalue weighted by Gasteiger charge is -2.34. The number of fused-ring (bicyclic) bond motifs is 1. The zero-order valence-electron chi connectivity index (χ0n) is 9.35. The number of nitrogens with one attached hydrogen (secondary N) is 1. The number of rotatable bonds is 2. The summed E-state index contributed by atoms with van der Waals surface area (Å²) in [7, 11) is 0. The number of hydrogen-bond donors (Lipinski definition) is 2. The molecule has 2 atom stereocenters. The average Bonchev–Trinajstić information content (AvgIpc) is 2.96. The first-order valence-electron chi connectivity index (χ1n) is 5.96. The van der Waals surface area contributed by atoms with Crippen molar-refractivity contribution in [2.75, 3.05) is 19.7 Å². The van der Waals surface area contributed by atoms with Gasteiger partial charge in [-0.25, -0.2) is 4.98 Å². The van der Waals surface area contributed by atoms with Gasteiger partial charge in [-0.05, 0) is 19.4 Å². The molecule has 0 spiro atoms. The molecule has 88 valence electrons. The Hall–Kier alpha value is -0.910. The van der Waals surface area contributed by atoms with Crippen LogP contribution in [0.15, 0.2) is 6.20 Å². The van der Waals surface area contributed by atoms with Crippen molar-refractivity contribution < 1.29 is 4.74 Å². The van der Waals surface area contributed by atoms with Crippen molar-refractivity contribution in [1.29, 1.82) is 0 Å². The third-order valence-electron chi connectivity index (χ3n) is 3.56. The predicted octanol–water partition coefficient (Wildman–Crippen LogP) is 0.404. The van der Waals surface area contributed by atoms with Crippen LogP contribution in [0.5, 0.6) is 0 Å². The Morgan fingerprint density at radius 2 is 2.56 bits per heavy atom. The second kappa shape index (κ2) is 4.16. The van der Waals surface area contributed by atoms with Crippen molar-refractivity contribution in [2.45, 2.75) is 31.5 Å². The van der Waals surface area contributed by atoms with E-state index in [0.29, 0.717) is 12.6 Å². The van der Waals surface area contributed by atoms with Crippen molar-refractivity contribution in [1.82, 2.24) is 14.9 Å². The standard InChI is InChI=1S/C11H18N4O/c12-4-8-5-13-11(14-8)10-6-15-3-1-2-9(15)7-16-10/h5,9-10H,1-4,6-7,12H2,(H,13,14). The number of H-pyrrole nitrogens is 1.